The minimum Gasteiger partial charge on any atom is -0.374 e. The van der Waals surface area contributed by atoms with Crippen molar-refractivity contribution in [3.05, 3.63) is 0 Å². The first kappa shape index (κ1) is 23.3. The highest BCUT2D eigenvalue weighted by Gasteiger charge is 2.59. The van der Waals surface area contributed by atoms with E-state index in [4.69, 9.17) is 21.3 Å². The highest BCUT2D eigenvalue weighted by atomic mass is 32.4. The van der Waals surface area contributed by atoms with Crippen molar-refractivity contribution < 1.29 is 9.47 Å². The molecule has 0 amide bonds. The standard InChI is InChI=1S/C27H47O2PS/c31-30-25-19-13-5-1-3-9-15-21(25)28-23-17-11-7-8-12-18-24(27(23)30)29-22-16-10-4-2-6-14-20-26(22)30/h21-27H,1-20H2. The largest absolute Gasteiger partial charge is 0.374 e. The number of ether oxygens (including phenoxy) is 2. The number of fused-ring (bicyclic) bond motifs is 4. The predicted octanol–water partition coefficient (Wildman–Crippen LogP) is 7.95. The smallest absolute Gasteiger partial charge is 0.0679 e. The molecule has 0 bridgehead atoms. The highest BCUT2D eigenvalue weighted by Crippen LogP contribution is 2.72. The molecule has 5 aliphatic rings. The molecular weight excluding hydrogens is 419 g/mol. The fourth-order valence-corrected chi connectivity index (χ4v) is 15.8. The van der Waals surface area contributed by atoms with Gasteiger partial charge >= 0.3 is 0 Å². The van der Waals surface area contributed by atoms with Crippen molar-refractivity contribution in [3.8, 4) is 0 Å². The molecule has 0 spiro atoms. The van der Waals surface area contributed by atoms with Gasteiger partial charge in [0.05, 0.1) is 24.4 Å². The van der Waals surface area contributed by atoms with Gasteiger partial charge in [-0.2, -0.15) is 0 Å². The summed E-state index contributed by atoms with van der Waals surface area (Å²) in [7, 11) is 0. The molecule has 2 heterocycles. The topological polar surface area (TPSA) is 18.5 Å². The molecule has 6 atom stereocenters. The van der Waals surface area contributed by atoms with Crippen LogP contribution in [0.1, 0.15) is 128 Å². The van der Waals surface area contributed by atoms with Crippen LogP contribution in [0.15, 0.2) is 0 Å². The maximum atomic E-state index is 7.17. The molecule has 5 fully saturated rings. The summed E-state index contributed by atoms with van der Waals surface area (Å²) in [6, 6.07) is -1.57. The quantitative estimate of drug-likeness (QED) is 0.337. The molecule has 3 saturated carbocycles. The van der Waals surface area contributed by atoms with Crippen LogP contribution in [0.5, 0.6) is 0 Å². The lowest BCUT2D eigenvalue weighted by molar-refractivity contribution is -0.0980. The summed E-state index contributed by atoms with van der Waals surface area (Å²) in [6.07, 6.45) is 29.0. The lowest BCUT2D eigenvalue weighted by Crippen LogP contribution is -2.59. The van der Waals surface area contributed by atoms with Crippen molar-refractivity contribution in [1.29, 1.82) is 0 Å². The molecule has 2 aliphatic heterocycles. The SMILES string of the molecule is S=P12C3CCCCCCCC3OC3CCCCCCC(OC4CCCCCCCC41)C32. The summed E-state index contributed by atoms with van der Waals surface area (Å²) in [4.78, 5) is 0. The summed E-state index contributed by atoms with van der Waals surface area (Å²) in [5.41, 5.74) is 1.97. The van der Waals surface area contributed by atoms with Crippen LogP contribution in [0.25, 0.3) is 0 Å². The summed E-state index contributed by atoms with van der Waals surface area (Å²) in [6.45, 7) is 0. The molecule has 2 nitrogen and oxygen atoms in total. The first-order valence-electron chi connectivity index (χ1n) is 14.2. The third-order valence-corrected chi connectivity index (χ3v) is 16.7. The molecule has 4 heteroatoms. The maximum Gasteiger partial charge on any atom is 0.0679 e. The van der Waals surface area contributed by atoms with E-state index in [0.29, 0.717) is 41.4 Å². The van der Waals surface area contributed by atoms with E-state index in [1.807, 2.05) is 0 Å². The monoisotopic (exact) mass is 466 g/mol. The van der Waals surface area contributed by atoms with Gasteiger partial charge in [0.25, 0.3) is 0 Å². The Labute approximate surface area is 197 Å². The molecule has 0 aromatic rings. The van der Waals surface area contributed by atoms with Crippen LogP contribution < -0.4 is 0 Å². The third kappa shape index (κ3) is 4.87. The lowest BCUT2D eigenvalue weighted by Gasteiger charge is -2.60. The first-order chi connectivity index (χ1) is 15.3. The number of rotatable bonds is 0. The summed E-state index contributed by atoms with van der Waals surface area (Å²) in [5.74, 6) is 0. The van der Waals surface area contributed by atoms with Crippen molar-refractivity contribution in [3.63, 3.8) is 0 Å². The second-order valence-corrected chi connectivity index (χ2v) is 16.8. The van der Waals surface area contributed by atoms with E-state index < -0.39 is 6.04 Å². The molecule has 3 aliphatic carbocycles. The van der Waals surface area contributed by atoms with Crippen molar-refractivity contribution in [2.75, 3.05) is 0 Å². The second kappa shape index (κ2) is 10.9. The third-order valence-electron chi connectivity index (χ3n) is 9.53. The van der Waals surface area contributed by atoms with Gasteiger partial charge in [-0.15, -0.1) is 0 Å². The summed E-state index contributed by atoms with van der Waals surface area (Å²) < 4.78 is 14.2. The molecule has 0 radical (unpaired) electrons. The van der Waals surface area contributed by atoms with Crippen LogP contribution in [-0.2, 0) is 21.3 Å². The van der Waals surface area contributed by atoms with E-state index in [0.717, 1.165) is 0 Å². The van der Waals surface area contributed by atoms with Gasteiger partial charge in [0.1, 0.15) is 0 Å². The Morgan fingerprint density at radius 3 is 1.16 bits per heavy atom. The van der Waals surface area contributed by atoms with E-state index in [1.54, 1.807) is 0 Å². The van der Waals surface area contributed by atoms with E-state index in [1.165, 1.54) is 128 Å². The van der Waals surface area contributed by atoms with Crippen molar-refractivity contribution >= 4 is 17.8 Å². The van der Waals surface area contributed by atoms with Gasteiger partial charge in [-0.05, 0) is 44.6 Å². The fourth-order valence-electron chi connectivity index (χ4n) is 8.04. The Kier molecular flexibility index (Phi) is 8.18. The van der Waals surface area contributed by atoms with Gasteiger partial charge in [-0.1, -0.05) is 102 Å². The highest BCUT2D eigenvalue weighted by molar-refractivity contribution is 8.15. The van der Waals surface area contributed by atoms with Crippen molar-refractivity contribution in [2.24, 2.45) is 0 Å². The maximum absolute atomic E-state index is 7.17. The van der Waals surface area contributed by atoms with E-state index in [9.17, 15) is 0 Å². The molecular formula is C27H47O2PS. The van der Waals surface area contributed by atoms with Gasteiger partial charge in [0, 0.05) is 17.0 Å². The van der Waals surface area contributed by atoms with E-state index in [2.05, 4.69) is 0 Å². The molecule has 0 aromatic heterocycles. The van der Waals surface area contributed by atoms with Crippen LogP contribution >= 0.6 is 6.04 Å². The Hall–Kier alpha value is 0.570. The van der Waals surface area contributed by atoms with Gasteiger partial charge < -0.3 is 9.47 Å². The zero-order valence-corrected chi connectivity index (χ0v) is 21.6. The normalized spacial score (nSPS) is 47.7. The Morgan fingerprint density at radius 2 is 0.742 bits per heavy atom. The summed E-state index contributed by atoms with van der Waals surface area (Å²) in [5, 5.41) is 0. The Balaban J connectivity index is 1.55. The Morgan fingerprint density at radius 1 is 0.419 bits per heavy atom. The molecule has 6 unspecified atom stereocenters. The summed E-state index contributed by atoms with van der Waals surface area (Å²) >= 11 is 7.17. The van der Waals surface area contributed by atoms with Crippen molar-refractivity contribution in [1.82, 2.24) is 0 Å². The van der Waals surface area contributed by atoms with Crippen LogP contribution in [0.2, 0.25) is 0 Å². The van der Waals surface area contributed by atoms with Crippen LogP contribution in [-0.4, -0.2) is 41.4 Å². The lowest BCUT2D eigenvalue weighted by atomic mass is 9.99. The van der Waals surface area contributed by atoms with Gasteiger partial charge in [-0.25, -0.2) is 0 Å². The molecule has 31 heavy (non-hydrogen) atoms. The number of hydrogen-bond acceptors (Lipinski definition) is 3. The van der Waals surface area contributed by atoms with E-state index in [-0.39, 0.29) is 0 Å². The molecule has 0 aromatic carbocycles. The minimum atomic E-state index is -1.57. The average Bonchev–Trinajstić information content (AvgIpc) is 3.01. The zero-order chi connectivity index (χ0) is 21.1. The van der Waals surface area contributed by atoms with Crippen LogP contribution in [0, 0.1) is 0 Å². The van der Waals surface area contributed by atoms with Crippen molar-refractivity contribution in [2.45, 2.75) is 170 Å². The minimum absolute atomic E-state index is 0.407. The molecule has 0 N–H and O–H groups in total. The first-order valence-corrected chi connectivity index (χ1v) is 17.2. The second-order valence-electron chi connectivity index (χ2n) is 11.5. The van der Waals surface area contributed by atoms with Crippen LogP contribution in [0.4, 0.5) is 0 Å². The molecule has 5 rings (SSSR count). The van der Waals surface area contributed by atoms with Gasteiger partial charge in [0.2, 0.25) is 0 Å². The fraction of sp³-hybridized carbons (Fsp3) is 1.00. The zero-order valence-electron chi connectivity index (χ0n) is 19.9. The van der Waals surface area contributed by atoms with Crippen LogP contribution in [0.3, 0.4) is 0 Å². The van der Waals surface area contributed by atoms with Gasteiger partial charge in [-0.3, -0.25) is 0 Å². The molecule has 178 valence electrons. The number of hydrogen-bond donors (Lipinski definition) is 0. The van der Waals surface area contributed by atoms with E-state index >= 15 is 0 Å². The Bertz CT molecular complexity index is 576. The average molecular weight is 467 g/mol. The van der Waals surface area contributed by atoms with Gasteiger partial charge in [0.15, 0.2) is 0 Å². The predicted molar refractivity (Wildman–Crippen MR) is 135 cm³/mol. The molecule has 2 saturated heterocycles.